The summed E-state index contributed by atoms with van der Waals surface area (Å²) >= 11 is 0.801. The van der Waals surface area contributed by atoms with Gasteiger partial charge >= 0.3 is 5.69 Å². The highest BCUT2D eigenvalue weighted by atomic mass is 32.2. The molecule has 2 amide bonds. The molecule has 1 aliphatic heterocycles. The largest absolute Gasteiger partial charge is 0.492 e. The molecule has 0 radical (unpaired) electrons. The molecule has 12 nitrogen and oxygen atoms in total. The molecule has 0 aliphatic carbocycles. The zero-order chi connectivity index (χ0) is 28.8. The molecule has 4 rings (SSSR count). The van der Waals surface area contributed by atoms with Gasteiger partial charge in [-0.25, -0.2) is 0 Å². The van der Waals surface area contributed by atoms with Crippen molar-refractivity contribution < 1.29 is 33.6 Å². The van der Waals surface area contributed by atoms with Crippen LogP contribution < -0.4 is 14.2 Å². The van der Waals surface area contributed by atoms with Crippen molar-refractivity contribution in [2.45, 2.75) is 13.8 Å². The van der Waals surface area contributed by atoms with E-state index >= 15 is 0 Å². The van der Waals surface area contributed by atoms with Crippen LogP contribution in [0.1, 0.15) is 18.1 Å². The molecule has 40 heavy (non-hydrogen) atoms. The van der Waals surface area contributed by atoms with Crippen LogP contribution >= 0.6 is 11.8 Å². The smallest absolute Gasteiger partial charge is 0.318 e. The lowest BCUT2D eigenvalue weighted by Gasteiger charge is -2.13. The highest BCUT2D eigenvalue weighted by Gasteiger charge is 2.35. The maximum Gasteiger partial charge on any atom is 0.318 e. The number of benzene rings is 3. The number of thioether (sulfide) groups is 1. The number of amides is 2. The van der Waals surface area contributed by atoms with Crippen LogP contribution in [0.15, 0.2) is 65.6 Å². The van der Waals surface area contributed by atoms with Gasteiger partial charge in [0.15, 0.2) is 11.5 Å². The van der Waals surface area contributed by atoms with Crippen LogP contribution in [0.5, 0.6) is 23.0 Å². The highest BCUT2D eigenvalue weighted by Crippen LogP contribution is 2.39. The fourth-order valence-electron chi connectivity index (χ4n) is 3.67. The normalized spacial score (nSPS) is 13.9. The van der Waals surface area contributed by atoms with Gasteiger partial charge < -0.3 is 14.2 Å². The topological polar surface area (TPSA) is 151 Å². The number of nitrogens with zero attached hydrogens (tertiary/aromatic N) is 3. The second-order valence-corrected chi connectivity index (χ2v) is 9.40. The number of non-ortho nitro benzene ring substituents is 1. The molecular weight excluding hydrogens is 542 g/mol. The minimum absolute atomic E-state index is 0.0842. The van der Waals surface area contributed by atoms with Crippen molar-refractivity contribution >= 4 is 40.4 Å². The highest BCUT2D eigenvalue weighted by molar-refractivity contribution is 8.18. The molecule has 0 spiro atoms. The maximum absolute atomic E-state index is 12.9. The second-order valence-electron chi connectivity index (χ2n) is 8.40. The lowest BCUT2D eigenvalue weighted by atomic mass is 10.1. The monoisotopic (exact) mass is 565 g/mol. The third-order valence-electron chi connectivity index (χ3n) is 5.61. The lowest BCUT2D eigenvalue weighted by Crippen LogP contribution is -2.32. The number of ether oxygens (including phenoxy) is 3. The summed E-state index contributed by atoms with van der Waals surface area (Å²) in [4.78, 5) is 47.7. The van der Waals surface area contributed by atoms with Crippen LogP contribution in [0.2, 0.25) is 0 Å². The Labute approximate surface area is 232 Å². The summed E-state index contributed by atoms with van der Waals surface area (Å²) in [6.07, 6.45) is 1.53. The van der Waals surface area contributed by atoms with Gasteiger partial charge in [-0.3, -0.25) is 34.7 Å². The Balaban J connectivity index is 1.50. The van der Waals surface area contributed by atoms with Crippen LogP contribution in [0.3, 0.4) is 0 Å². The van der Waals surface area contributed by atoms with Crippen molar-refractivity contribution in [1.29, 1.82) is 0 Å². The number of nitro benzene ring substituents is 2. The molecule has 0 bridgehead atoms. The number of carbonyl (C=O) groups excluding carboxylic acids is 2. The number of carbonyl (C=O) groups is 2. The summed E-state index contributed by atoms with van der Waals surface area (Å²) in [5, 5.41) is 22.1. The number of imide groups is 1. The Morgan fingerprint density at radius 2 is 1.62 bits per heavy atom. The maximum atomic E-state index is 12.9. The molecular formula is C27H23N3O9S. The predicted molar refractivity (Wildman–Crippen MR) is 147 cm³/mol. The van der Waals surface area contributed by atoms with Crippen molar-refractivity contribution in [3.63, 3.8) is 0 Å². The molecule has 0 unspecified atom stereocenters. The lowest BCUT2D eigenvalue weighted by molar-refractivity contribution is -0.394. The molecule has 1 fully saturated rings. The van der Waals surface area contributed by atoms with Gasteiger partial charge in [-0.15, -0.1) is 0 Å². The van der Waals surface area contributed by atoms with Gasteiger partial charge in [-0.1, -0.05) is 23.8 Å². The molecule has 3 aromatic rings. The molecule has 0 aromatic heterocycles. The Hall–Kier alpha value is -4.91. The molecule has 13 heteroatoms. The number of rotatable bonds is 11. The Morgan fingerprint density at radius 3 is 2.30 bits per heavy atom. The minimum Gasteiger partial charge on any atom is -0.492 e. The Kier molecular flexibility index (Phi) is 8.64. The first-order valence-corrected chi connectivity index (χ1v) is 12.8. The fraction of sp³-hybridized carbons (Fsp3) is 0.185. The molecule has 206 valence electrons. The van der Waals surface area contributed by atoms with E-state index in [-0.39, 0.29) is 41.9 Å². The summed E-state index contributed by atoms with van der Waals surface area (Å²) in [6.45, 7) is 4.15. The van der Waals surface area contributed by atoms with Crippen molar-refractivity contribution in [1.82, 2.24) is 4.90 Å². The van der Waals surface area contributed by atoms with Crippen molar-refractivity contribution in [3.05, 3.63) is 96.9 Å². The van der Waals surface area contributed by atoms with Gasteiger partial charge in [-0.05, 0) is 67.6 Å². The van der Waals surface area contributed by atoms with Crippen LogP contribution in [0, 0.1) is 27.2 Å². The zero-order valence-electron chi connectivity index (χ0n) is 21.4. The van der Waals surface area contributed by atoms with Crippen LogP contribution in [0.4, 0.5) is 16.2 Å². The average Bonchev–Trinajstić information content (AvgIpc) is 3.18. The fourth-order valence-corrected chi connectivity index (χ4v) is 4.53. The van der Waals surface area contributed by atoms with E-state index in [0.29, 0.717) is 11.3 Å². The number of hydrogen-bond donors (Lipinski definition) is 0. The molecule has 1 aliphatic rings. The van der Waals surface area contributed by atoms with Crippen LogP contribution in [-0.4, -0.2) is 45.7 Å². The SMILES string of the molecule is CCOc1cc(/C=C2\SC(=O)N(CCOc3ccc(C)cc3)C2=O)ccc1Oc1ccc([N+](=O)[O-])cc1[N+](=O)[O-]. The number of hydrogen-bond acceptors (Lipinski definition) is 10. The van der Waals surface area contributed by atoms with Gasteiger partial charge in [-0.2, -0.15) is 0 Å². The van der Waals surface area contributed by atoms with Gasteiger partial charge in [0.2, 0.25) is 5.75 Å². The van der Waals surface area contributed by atoms with Gasteiger partial charge in [0.25, 0.3) is 16.8 Å². The van der Waals surface area contributed by atoms with Gasteiger partial charge in [0.05, 0.1) is 34.0 Å². The third kappa shape index (κ3) is 6.56. The van der Waals surface area contributed by atoms with Crippen LogP contribution in [-0.2, 0) is 4.79 Å². The first kappa shape index (κ1) is 28.1. The van der Waals surface area contributed by atoms with E-state index in [2.05, 4.69) is 0 Å². The molecule has 3 aromatic carbocycles. The van der Waals surface area contributed by atoms with Gasteiger partial charge in [0, 0.05) is 6.07 Å². The summed E-state index contributed by atoms with van der Waals surface area (Å²) in [5.74, 6) is 0.311. The standard InChI is InChI=1S/C27H23N3O9S/c1-3-37-24-14-18(6-10-23(24)39-22-11-7-19(29(33)34)16-21(22)30(35)36)15-25-26(31)28(27(32)40-25)12-13-38-20-8-4-17(2)5-9-20/h4-11,14-16H,3,12-13H2,1-2H3/b25-15-. The van der Waals surface area contributed by atoms with Gasteiger partial charge in [0.1, 0.15) is 12.4 Å². The second kappa shape index (κ2) is 12.3. The molecule has 0 atom stereocenters. The van der Waals surface area contributed by atoms with E-state index in [9.17, 15) is 29.8 Å². The van der Waals surface area contributed by atoms with Crippen molar-refractivity contribution in [2.24, 2.45) is 0 Å². The molecule has 1 heterocycles. The van der Waals surface area contributed by atoms with E-state index in [1.165, 1.54) is 12.1 Å². The van der Waals surface area contributed by atoms with Crippen molar-refractivity contribution in [2.75, 3.05) is 19.8 Å². The summed E-state index contributed by atoms with van der Waals surface area (Å²) in [7, 11) is 0. The Bertz CT molecular complexity index is 1510. The van der Waals surface area contributed by atoms with Crippen molar-refractivity contribution in [3.8, 4) is 23.0 Å². The molecule has 0 N–H and O–H groups in total. The molecule has 0 saturated carbocycles. The summed E-state index contributed by atoms with van der Waals surface area (Å²) in [6, 6.07) is 15.1. The van der Waals surface area contributed by atoms with E-state index in [0.717, 1.165) is 40.4 Å². The molecule has 1 saturated heterocycles. The minimum atomic E-state index is -0.779. The Morgan fingerprint density at radius 1 is 0.900 bits per heavy atom. The quantitative estimate of drug-likeness (QED) is 0.151. The zero-order valence-corrected chi connectivity index (χ0v) is 22.2. The predicted octanol–water partition coefficient (Wildman–Crippen LogP) is 6.12. The summed E-state index contributed by atoms with van der Waals surface area (Å²) < 4.78 is 17.0. The van der Waals surface area contributed by atoms with Crippen LogP contribution in [0.25, 0.3) is 6.08 Å². The average molecular weight is 566 g/mol. The van der Waals surface area contributed by atoms with E-state index in [4.69, 9.17) is 14.2 Å². The van der Waals surface area contributed by atoms with E-state index in [1.807, 2.05) is 31.2 Å². The van der Waals surface area contributed by atoms with E-state index in [1.54, 1.807) is 19.1 Å². The number of nitro groups is 2. The van der Waals surface area contributed by atoms with E-state index < -0.39 is 32.4 Å². The first-order valence-electron chi connectivity index (χ1n) is 12.0. The third-order valence-corrected chi connectivity index (χ3v) is 6.52. The first-order chi connectivity index (χ1) is 19.2. The summed E-state index contributed by atoms with van der Waals surface area (Å²) in [5.41, 5.74) is 0.578. The number of aryl methyl sites for hydroxylation is 1.